The molecule has 5 rings (SSSR count). The zero-order chi connectivity index (χ0) is 22.5. The van der Waals surface area contributed by atoms with E-state index in [0.29, 0.717) is 19.3 Å². The second kappa shape index (κ2) is 7.74. The second-order valence-corrected chi connectivity index (χ2v) is 10.2. The van der Waals surface area contributed by atoms with Crippen molar-refractivity contribution in [2.24, 2.45) is 0 Å². The Hall–Kier alpha value is -3.20. The molecule has 0 radical (unpaired) electrons. The van der Waals surface area contributed by atoms with E-state index in [1.807, 2.05) is 18.2 Å². The van der Waals surface area contributed by atoms with Gasteiger partial charge in [0.2, 0.25) is 5.91 Å². The molecule has 0 fully saturated rings. The molecule has 1 amide bonds. The molecular weight excluding hydrogens is 394 g/mol. The van der Waals surface area contributed by atoms with Gasteiger partial charge in [0, 0.05) is 30.0 Å². The maximum absolute atomic E-state index is 13.5. The summed E-state index contributed by atoms with van der Waals surface area (Å²) in [5, 5.41) is 5.31. The van der Waals surface area contributed by atoms with Crippen LogP contribution in [-0.2, 0) is 15.0 Å². The van der Waals surface area contributed by atoms with Gasteiger partial charge in [-0.2, -0.15) is 0 Å². The monoisotopic (exact) mass is 423 g/mol. The van der Waals surface area contributed by atoms with Crippen LogP contribution in [0.5, 0.6) is 0 Å². The maximum Gasteiger partial charge on any atom is 0.225 e. The van der Waals surface area contributed by atoms with Crippen molar-refractivity contribution in [3.05, 3.63) is 94.7 Å². The molecule has 0 aromatic heterocycles. The highest BCUT2D eigenvalue weighted by molar-refractivity contribution is 6.03. The van der Waals surface area contributed by atoms with Crippen LogP contribution in [0, 0.1) is 0 Å². The summed E-state index contributed by atoms with van der Waals surface area (Å²) in [5.74, 6) is 0.0794. The van der Waals surface area contributed by atoms with Crippen molar-refractivity contribution in [3.63, 3.8) is 0 Å². The molecule has 2 atom stereocenters. The summed E-state index contributed by atoms with van der Waals surface area (Å²) in [4.78, 5) is 26.1. The molecule has 3 nitrogen and oxygen atoms in total. The maximum atomic E-state index is 13.5. The Morgan fingerprint density at radius 3 is 2.28 bits per heavy atom. The molecular formula is C29H29NO2. The van der Waals surface area contributed by atoms with Crippen LogP contribution in [-0.4, -0.2) is 11.7 Å². The number of benzene rings is 3. The van der Waals surface area contributed by atoms with Crippen molar-refractivity contribution in [1.82, 2.24) is 5.32 Å². The van der Waals surface area contributed by atoms with E-state index in [4.69, 9.17) is 0 Å². The Morgan fingerprint density at radius 2 is 1.53 bits per heavy atom. The van der Waals surface area contributed by atoms with Gasteiger partial charge in [-0.1, -0.05) is 87.5 Å². The third-order valence-electron chi connectivity index (χ3n) is 6.98. The summed E-state index contributed by atoms with van der Waals surface area (Å²) in [5.41, 5.74) is 5.25. The summed E-state index contributed by atoms with van der Waals surface area (Å²) in [6, 6.07) is 23.0. The molecule has 162 valence electrons. The SMILES string of the molecule is CC(C)(C)c1ccc(C2CC(=O)C3=C(C2)NC(=O)CC3c2cccc3ccccc23)cc1. The number of amides is 1. The minimum atomic E-state index is -0.179. The largest absolute Gasteiger partial charge is 0.329 e. The van der Waals surface area contributed by atoms with E-state index in [9.17, 15) is 9.59 Å². The van der Waals surface area contributed by atoms with E-state index in [0.717, 1.165) is 27.6 Å². The van der Waals surface area contributed by atoms with Gasteiger partial charge in [0.25, 0.3) is 0 Å². The Bertz CT molecular complexity index is 1240. The normalized spacial score (nSPS) is 21.5. The lowest BCUT2D eigenvalue weighted by Gasteiger charge is -2.35. The first-order valence-corrected chi connectivity index (χ1v) is 11.5. The van der Waals surface area contributed by atoms with Crippen LogP contribution in [0.3, 0.4) is 0 Å². The van der Waals surface area contributed by atoms with Gasteiger partial charge >= 0.3 is 0 Å². The third kappa shape index (κ3) is 3.66. The number of allylic oxidation sites excluding steroid dienone is 2. The third-order valence-corrected chi connectivity index (χ3v) is 6.98. The fourth-order valence-electron chi connectivity index (χ4n) is 5.27. The lowest BCUT2D eigenvalue weighted by Crippen LogP contribution is -2.38. The van der Waals surface area contributed by atoms with E-state index >= 15 is 0 Å². The number of carbonyl (C=O) groups excluding carboxylic acids is 2. The van der Waals surface area contributed by atoms with Crippen LogP contribution in [0.15, 0.2) is 78.0 Å². The summed E-state index contributed by atoms with van der Waals surface area (Å²) in [6.07, 6.45) is 1.51. The Kier molecular flexibility index (Phi) is 5.00. The number of hydrogen-bond donors (Lipinski definition) is 1. The quantitative estimate of drug-likeness (QED) is 0.538. The first-order chi connectivity index (χ1) is 15.3. The highest BCUT2D eigenvalue weighted by Gasteiger charge is 2.38. The van der Waals surface area contributed by atoms with E-state index in [1.165, 1.54) is 11.1 Å². The molecule has 0 bridgehead atoms. The van der Waals surface area contributed by atoms with E-state index in [2.05, 4.69) is 74.6 Å². The smallest absolute Gasteiger partial charge is 0.225 e. The minimum Gasteiger partial charge on any atom is -0.329 e. The topological polar surface area (TPSA) is 46.2 Å². The van der Waals surface area contributed by atoms with Crippen LogP contribution in [0.25, 0.3) is 10.8 Å². The first kappa shape index (κ1) is 20.7. The van der Waals surface area contributed by atoms with Crippen LogP contribution in [0.1, 0.15) is 68.6 Å². The number of rotatable bonds is 2. The van der Waals surface area contributed by atoms with Crippen LogP contribution < -0.4 is 5.32 Å². The van der Waals surface area contributed by atoms with E-state index in [-0.39, 0.29) is 28.9 Å². The van der Waals surface area contributed by atoms with Gasteiger partial charge in [-0.25, -0.2) is 0 Å². The lowest BCUT2D eigenvalue weighted by atomic mass is 9.72. The highest BCUT2D eigenvalue weighted by atomic mass is 16.2. The van der Waals surface area contributed by atoms with Gasteiger partial charge < -0.3 is 5.32 Å². The first-order valence-electron chi connectivity index (χ1n) is 11.5. The van der Waals surface area contributed by atoms with Gasteiger partial charge in [-0.05, 0) is 45.2 Å². The predicted octanol–water partition coefficient (Wildman–Crippen LogP) is 6.14. The predicted molar refractivity (Wildman–Crippen MR) is 129 cm³/mol. The number of carbonyl (C=O) groups is 2. The van der Waals surface area contributed by atoms with Crippen molar-refractivity contribution in [1.29, 1.82) is 0 Å². The molecule has 0 spiro atoms. The lowest BCUT2D eigenvalue weighted by molar-refractivity contribution is -0.122. The highest BCUT2D eigenvalue weighted by Crippen LogP contribution is 2.44. The molecule has 1 N–H and O–H groups in total. The molecule has 0 saturated heterocycles. The van der Waals surface area contributed by atoms with Crippen LogP contribution in [0.2, 0.25) is 0 Å². The summed E-state index contributed by atoms with van der Waals surface area (Å²) in [6.45, 7) is 6.61. The molecule has 3 heteroatoms. The molecule has 3 aromatic carbocycles. The van der Waals surface area contributed by atoms with Crippen molar-refractivity contribution in [3.8, 4) is 0 Å². The van der Waals surface area contributed by atoms with Gasteiger partial charge in [-0.3, -0.25) is 9.59 Å². The van der Waals surface area contributed by atoms with Crippen molar-refractivity contribution < 1.29 is 9.59 Å². The zero-order valence-electron chi connectivity index (χ0n) is 18.9. The number of fused-ring (bicyclic) bond motifs is 1. The van der Waals surface area contributed by atoms with Crippen molar-refractivity contribution in [2.75, 3.05) is 0 Å². The molecule has 32 heavy (non-hydrogen) atoms. The second-order valence-electron chi connectivity index (χ2n) is 10.2. The fraction of sp³-hybridized carbons (Fsp3) is 0.310. The van der Waals surface area contributed by atoms with Crippen LogP contribution >= 0.6 is 0 Å². The molecule has 1 heterocycles. The minimum absolute atomic E-state index is 0.00165. The molecule has 2 unspecified atom stereocenters. The Morgan fingerprint density at radius 1 is 0.812 bits per heavy atom. The Balaban J connectivity index is 1.52. The average Bonchev–Trinajstić information content (AvgIpc) is 2.77. The standard InChI is InChI=1S/C29H29NO2/c1-29(2,3)21-13-11-18(12-14-21)20-15-25-28(26(31)16-20)24(17-27(32)30-25)23-10-6-8-19-7-4-5-9-22(19)23/h4-14,20,24H,15-17H2,1-3H3,(H,30,32). The average molecular weight is 424 g/mol. The number of nitrogens with one attached hydrogen (secondary N) is 1. The van der Waals surface area contributed by atoms with E-state index < -0.39 is 0 Å². The Labute approximate surface area is 189 Å². The summed E-state index contributed by atoms with van der Waals surface area (Å²) in [7, 11) is 0. The summed E-state index contributed by atoms with van der Waals surface area (Å²) >= 11 is 0. The summed E-state index contributed by atoms with van der Waals surface area (Å²) < 4.78 is 0. The van der Waals surface area contributed by atoms with Gasteiger partial charge in [-0.15, -0.1) is 0 Å². The van der Waals surface area contributed by atoms with E-state index in [1.54, 1.807) is 0 Å². The van der Waals surface area contributed by atoms with Crippen molar-refractivity contribution >= 4 is 22.5 Å². The van der Waals surface area contributed by atoms with Gasteiger partial charge in [0.05, 0.1) is 0 Å². The molecule has 2 aliphatic rings. The van der Waals surface area contributed by atoms with Gasteiger partial charge in [0.15, 0.2) is 5.78 Å². The molecule has 1 aliphatic heterocycles. The molecule has 1 aliphatic carbocycles. The number of Topliss-reactive ketones (excluding diaryl/α,β-unsaturated/α-hetero) is 1. The molecule has 0 saturated carbocycles. The number of hydrogen-bond acceptors (Lipinski definition) is 2. The fourth-order valence-corrected chi connectivity index (χ4v) is 5.27. The zero-order valence-corrected chi connectivity index (χ0v) is 18.9. The van der Waals surface area contributed by atoms with Gasteiger partial charge in [0.1, 0.15) is 0 Å². The van der Waals surface area contributed by atoms with Crippen LogP contribution in [0.4, 0.5) is 0 Å². The number of ketones is 1. The molecule has 3 aromatic rings. The van der Waals surface area contributed by atoms with Crippen molar-refractivity contribution in [2.45, 2.75) is 57.3 Å².